The van der Waals surface area contributed by atoms with Crippen LogP contribution in [-0.2, 0) is 4.79 Å². The zero-order valence-corrected chi connectivity index (χ0v) is 14.6. The lowest BCUT2D eigenvalue weighted by Crippen LogP contribution is -2.26. The normalized spacial score (nSPS) is 29.0. The van der Waals surface area contributed by atoms with Gasteiger partial charge in [-0.15, -0.1) is 0 Å². The minimum absolute atomic E-state index is 0.00404. The van der Waals surface area contributed by atoms with E-state index in [1.54, 1.807) is 18.2 Å². The molecule has 4 aliphatic rings. The van der Waals surface area contributed by atoms with Crippen molar-refractivity contribution in [3.8, 4) is 17.1 Å². The molecule has 5 nitrogen and oxygen atoms in total. The first-order chi connectivity index (χ1) is 13.0. The molecular formula is C22H18O5. The van der Waals surface area contributed by atoms with Crippen molar-refractivity contribution >= 4 is 16.9 Å². The van der Waals surface area contributed by atoms with E-state index in [0.29, 0.717) is 11.3 Å². The van der Waals surface area contributed by atoms with Crippen LogP contribution in [0.4, 0.5) is 0 Å². The van der Waals surface area contributed by atoms with E-state index in [1.807, 2.05) is 6.08 Å². The van der Waals surface area contributed by atoms with E-state index >= 15 is 0 Å². The molecule has 5 atom stereocenters. The van der Waals surface area contributed by atoms with Crippen molar-refractivity contribution in [2.75, 3.05) is 0 Å². The van der Waals surface area contributed by atoms with Crippen LogP contribution in [0.1, 0.15) is 18.4 Å². The monoisotopic (exact) mass is 362 g/mol. The standard InChI is InChI=1S/C22H18O5/c1-10-13-6-7-14(10)21(22(25)26)20(13)19-15-4-2-11(23)8-17(15)27-18-9-12(24)3-5-16(18)19/h2-10,13-14,20-21,23H,1H3,(H,25,26). The zero-order valence-electron chi connectivity index (χ0n) is 14.6. The number of rotatable bonds is 2. The fraction of sp³-hybridized carbons (Fsp3) is 0.273. The zero-order chi connectivity index (χ0) is 18.9. The largest absolute Gasteiger partial charge is 0.508 e. The third kappa shape index (κ3) is 2.17. The summed E-state index contributed by atoms with van der Waals surface area (Å²) in [5, 5.41) is 20.6. The number of carbonyl (C=O) groups is 1. The summed E-state index contributed by atoms with van der Waals surface area (Å²) >= 11 is 0. The van der Waals surface area contributed by atoms with Gasteiger partial charge in [-0.25, -0.2) is 0 Å². The van der Waals surface area contributed by atoms with Gasteiger partial charge in [0.25, 0.3) is 0 Å². The van der Waals surface area contributed by atoms with Gasteiger partial charge in [0.15, 0.2) is 5.43 Å². The van der Waals surface area contributed by atoms with Crippen molar-refractivity contribution in [2.24, 2.45) is 23.7 Å². The number of aromatic hydroxyl groups is 1. The minimum Gasteiger partial charge on any atom is -0.508 e. The highest BCUT2D eigenvalue weighted by Crippen LogP contribution is 2.59. The fourth-order valence-electron chi connectivity index (χ4n) is 5.18. The van der Waals surface area contributed by atoms with Crippen LogP contribution in [-0.4, -0.2) is 16.2 Å². The van der Waals surface area contributed by atoms with Crippen LogP contribution in [0.5, 0.6) is 5.75 Å². The average Bonchev–Trinajstić information content (AvgIpc) is 3.12. The van der Waals surface area contributed by atoms with Crippen LogP contribution in [0, 0.1) is 23.7 Å². The number of allylic oxidation sites excluding steroid dienone is 2. The quantitative estimate of drug-likeness (QED) is 0.534. The second-order valence-corrected chi connectivity index (χ2v) is 7.64. The van der Waals surface area contributed by atoms with E-state index < -0.39 is 11.9 Å². The van der Waals surface area contributed by atoms with Crippen molar-refractivity contribution in [1.29, 1.82) is 0 Å². The number of hydrogen-bond acceptors (Lipinski definition) is 4. The lowest BCUT2D eigenvalue weighted by molar-refractivity contribution is -0.143. The Morgan fingerprint density at radius 3 is 2.63 bits per heavy atom. The highest BCUT2D eigenvalue weighted by Gasteiger charge is 2.54. The molecule has 0 saturated heterocycles. The highest BCUT2D eigenvalue weighted by atomic mass is 16.4. The van der Waals surface area contributed by atoms with Crippen molar-refractivity contribution in [3.63, 3.8) is 0 Å². The molecule has 5 rings (SSSR count). The number of fused-ring (bicyclic) bond motifs is 4. The summed E-state index contributed by atoms with van der Waals surface area (Å²) in [4.78, 5) is 24.0. The number of carboxylic acids is 1. The molecule has 2 N–H and O–H groups in total. The summed E-state index contributed by atoms with van der Waals surface area (Å²) < 4.78 is 5.89. The summed E-state index contributed by atoms with van der Waals surface area (Å²) in [7, 11) is 0. The van der Waals surface area contributed by atoms with Gasteiger partial charge in [0.1, 0.15) is 17.1 Å². The Labute approximate surface area is 154 Å². The fourth-order valence-corrected chi connectivity index (χ4v) is 5.18. The molecule has 2 bridgehead atoms. The van der Waals surface area contributed by atoms with Crippen LogP contribution in [0.3, 0.4) is 0 Å². The van der Waals surface area contributed by atoms with Gasteiger partial charge in [-0.1, -0.05) is 19.1 Å². The van der Waals surface area contributed by atoms with E-state index in [4.69, 9.17) is 4.42 Å². The Morgan fingerprint density at radius 1 is 1.07 bits per heavy atom. The summed E-state index contributed by atoms with van der Waals surface area (Å²) in [6.45, 7) is 2.10. The molecule has 1 aliphatic heterocycles. The Morgan fingerprint density at radius 2 is 1.85 bits per heavy atom. The lowest BCUT2D eigenvalue weighted by atomic mass is 9.75. The number of benzene rings is 2. The first-order valence-corrected chi connectivity index (χ1v) is 9.06. The Bertz CT molecular complexity index is 1140. The number of carboxylic acid groups (broad SMARTS) is 1. The Hall–Kier alpha value is -3.08. The van der Waals surface area contributed by atoms with Gasteiger partial charge in [0, 0.05) is 29.0 Å². The maximum Gasteiger partial charge on any atom is 0.307 e. The molecule has 1 aromatic rings. The van der Waals surface area contributed by atoms with E-state index in [1.165, 1.54) is 18.2 Å². The van der Waals surface area contributed by atoms with Gasteiger partial charge in [-0.05, 0) is 47.6 Å². The van der Waals surface area contributed by atoms with Gasteiger partial charge < -0.3 is 14.6 Å². The Balaban J connectivity index is 1.87. The SMILES string of the molecule is CC1C2C=CC1C(c1c3ccc(=O)cc-3oc3cc(O)ccc13)C2C(=O)O. The first-order valence-electron chi connectivity index (χ1n) is 9.06. The van der Waals surface area contributed by atoms with Gasteiger partial charge >= 0.3 is 5.97 Å². The van der Waals surface area contributed by atoms with Crippen molar-refractivity contribution in [2.45, 2.75) is 12.8 Å². The van der Waals surface area contributed by atoms with Crippen molar-refractivity contribution < 1.29 is 19.4 Å². The summed E-state index contributed by atoms with van der Waals surface area (Å²) in [6, 6.07) is 9.49. The molecular weight excluding hydrogens is 344 g/mol. The van der Waals surface area contributed by atoms with E-state index in [0.717, 1.165) is 16.5 Å². The molecule has 0 amide bonds. The lowest BCUT2D eigenvalue weighted by Gasteiger charge is -2.28. The third-order valence-corrected chi connectivity index (χ3v) is 6.32. The van der Waals surface area contributed by atoms with Gasteiger partial charge in [-0.2, -0.15) is 0 Å². The van der Waals surface area contributed by atoms with Crippen LogP contribution >= 0.6 is 0 Å². The first kappa shape index (κ1) is 16.1. The topological polar surface area (TPSA) is 87.7 Å². The van der Waals surface area contributed by atoms with Crippen LogP contribution < -0.4 is 5.43 Å². The van der Waals surface area contributed by atoms with Gasteiger partial charge in [-0.3, -0.25) is 9.59 Å². The van der Waals surface area contributed by atoms with Crippen LogP contribution in [0.2, 0.25) is 0 Å². The van der Waals surface area contributed by atoms with Crippen LogP contribution in [0.15, 0.2) is 57.8 Å². The predicted molar refractivity (Wildman–Crippen MR) is 99.9 cm³/mol. The Kier molecular flexibility index (Phi) is 3.26. The number of aliphatic carboxylic acids is 1. The molecule has 0 radical (unpaired) electrons. The summed E-state index contributed by atoms with van der Waals surface area (Å²) in [5.41, 5.74) is 1.93. The summed E-state index contributed by atoms with van der Waals surface area (Å²) in [6.07, 6.45) is 4.16. The van der Waals surface area contributed by atoms with E-state index in [-0.39, 0.29) is 34.8 Å². The molecule has 1 fully saturated rings. The maximum atomic E-state index is 12.2. The van der Waals surface area contributed by atoms with Crippen LogP contribution in [0.25, 0.3) is 22.3 Å². The molecule has 136 valence electrons. The number of phenols is 1. The molecule has 27 heavy (non-hydrogen) atoms. The van der Waals surface area contributed by atoms with E-state index in [2.05, 4.69) is 13.0 Å². The molecule has 5 heteroatoms. The highest BCUT2D eigenvalue weighted by molar-refractivity contribution is 5.91. The summed E-state index contributed by atoms with van der Waals surface area (Å²) in [5.74, 6) is -0.703. The molecule has 5 unspecified atom stereocenters. The second kappa shape index (κ2) is 5.46. The second-order valence-electron chi connectivity index (χ2n) is 7.64. The number of phenolic OH excluding ortho intramolecular Hbond substituents is 1. The van der Waals surface area contributed by atoms with Gasteiger partial charge in [0.2, 0.25) is 0 Å². The predicted octanol–water partition coefficient (Wildman–Crippen LogP) is 3.84. The molecule has 0 spiro atoms. The molecule has 1 heterocycles. The minimum atomic E-state index is -0.801. The smallest absolute Gasteiger partial charge is 0.307 e. The average molecular weight is 362 g/mol. The number of hydrogen-bond donors (Lipinski definition) is 2. The molecule has 3 aliphatic carbocycles. The third-order valence-electron chi connectivity index (χ3n) is 6.32. The molecule has 1 saturated carbocycles. The van der Waals surface area contributed by atoms with Crippen molar-refractivity contribution in [3.05, 3.63) is 64.3 Å². The molecule has 1 aromatic carbocycles. The molecule has 0 aromatic heterocycles. The van der Waals surface area contributed by atoms with Gasteiger partial charge in [0.05, 0.1) is 5.92 Å². The maximum absolute atomic E-state index is 12.2. The van der Waals surface area contributed by atoms with E-state index in [9.17, 15) is 19.8 Å². The van der Waals surface area contributed by atoms with Crippen molar-refractivity contribution in [1.82, 2.24) is 0 Å².